The van der Waals surface area contributed by atoms with Crippen LogP contribution in [0.25, 0.3) is 0 Å². The number of carbonyl (C=O) groups is 2. The van der Waals surface area contributed by atoms with Crippen LogP contribution in [0.15, 0.2) is 0 Å². The van der Waals surface area contributed by atoms with E-state index in [4.69, 9.17) is 0 Å². The van der Waals surface area contributed by atoms with Crippen molar-refractivity contribution in [3.8, 4) is 0 Å². The number of amides is 1. The molecule has 1 N–H and O–H groups in total. The van der Waals surface area contributed by atoms with E-state index in [0.29, 0.717) is 18.8 Å². The summed E-state index contributed by atoms with van der Waals surface area (Å²) >= 11 is 1.97. The van der Waals surface area contributed by atoms with Crippen LogP contribution in [0.2, 0.25) is 0 Å². The van der Waals surface area contributed by atoms with Crippen molar-refractivity contribution in [2.24, 2.45) is 11.8 Å². The van der Waals surface area contributed by atoms with Crippen LogP contribution in [0.1, 0.15) is 38.5 Å². The number of carboxylic acids is 1. The molecule has 3 unspecified atom stereocenters. The van der Waals surface area contributed by atoms with Gasteiger partial charge in [-0.2, -0.15) is 11.8 Å². The molecule has 3 atom stereocenters. The van der Waals surface area contributed by atoms with E-state index in [1.54, 1.807) is 0 Å². The first-order valence-corrected chi connectivity index (χ1v) is 8.44. The van der Waals surface area contributed by atoms with Crippen LogP contribution < -0.4 is 0 Å². The zero-order chi connectivity index (χ0) is 13.4. The van der Waals surface area contributed by atoms with Gasteiger partial charge >= 0.3 is 5.97 Å². The Hall–Kier alpha value is -0.710. The normalized spacial score (nSPS) is 34.7. The standard InChI is InChI=1S/C14H21NO3S/c16-13(7-9-3-5-19-6-4-9)15-10-1-2-12(15)11(8-10)14(17)18/h9-12H,1-8H2,(H,17,18). The monoisotopic (exact) mass is 283 g/mol. The van der Waals surface area contributed by atoms with Crippen LogP contribution in [0, 0.1) is 11.8 Å². The first-order valence-electron chi connectivity index (χ1n) is 7.28. The fraction of sp³-hybridized carbons (Fsp3) is 0.857. The first kappa shape index (κ1) is 13.3. The molecule has 19 heavy (non-hydrogen) atoms. The number of carboxylic acid groups (broad SMARTS) is 1. The number of thioether (sulfide) groups is 1. The summed E-state index contributed by atoms with van der Waals surface area (Å²) in [6.45, 7) is 0. The average molecular weight is 283 g/mol. The molecular formula is C14H21NO3S. The van der Waals surface area contributed by atoms with Crippen molar-refractivity contribution in [2.75, 3.05) is 11.5 Å². The number of hydrogen-bond acceptors (Lipinski definition) is 3. The second-order valence-electron chi connectivity index (χ2n) is 6.04. The van der Waals surface area contributed by atoms with Crippen LogP contribution in [0.3, 0.4) is 0 Å². The summed E-state index contributed by atoms with van der Waals surface area (Å²) in [5.41, 5.74) is 0. The smallest absolute Gasteiger partial charge is 0.308 e. The van der Waals surface area contributed by atoms with Crippen molar-refractivity contribution >= 4 is 23.6 Å². The van der Waals surface area contributed by atoms with E-state index in [0.717, 1.165) is 25.7 Å². The van der Waals surface area contributed by atoms with Crippen molar-refractivity contribution in [3.63, 3.8) is 0 Å². The Morgan fingerprint density at radius 3 is 2.53 bits per heavy atom. The Morgan fingerprint density at radius 1 is 1.16 bits per heavy atom. The molecule has 3 rings (SSSR count). The third-order valence-corrected chi connectivity index (χ3v) is 5.99. The molecule has 1 amide bonds. The lowest BCUT2D eigenvalue weighted by Crippen LogP contribution is -2.38. The molecule has 0 saturated carbocycles. The van der Waals surface area contributed by atoms with E-state index in [1.807, 2.05) is 16.7 Å². The van der Waals surface area contributed by atoms with Gasteiger partial charge < -0.3 is 10.0 Å². The molecule has 3 aliphatic heterocycles. The third-order valence-electron chi connectivity index (χ3n) is 4.95. The summed E-state index contributed by atoms with van der Waals surface area (Å²) in [4.78, 5) is 25.6. The van der Waals surface area contributed by atoms with Gasteiger partial charge in [0, 0.05) is 18.5 Å². The van der Waals surface area contributed by atoms with Gasteiger partial charge in [0.05, 0.1) is 5.92 Å². The molecule has 2 bridgehead atoms. The zero-order valence-electron chi connectivity index (χ0n) is 11.1. The largest absolute Gasteiger partial charge is 0.481 e. The van der Waals surface area contributed by atoms with Gasteiger partial charge in [0.15, 0.2) is 0 Å². The summed E-state index contributed by atoms with van der Waals surface area (Å²) in [6.07, 6.45) is 5.48. The number of fused-ring (bicyclic) bond motifs is 2. The molecule has 106 valence electrons. The van der Waals surface area contributed by atoms with E-state index >= 15 is 0 Å². The fourth-order valence-electron chi connectivity index (χ4n) is 3.95. The number of hydrogen-bond donors (Lipinski definition) is 1. The second kappa shape index (κ2) is 5.35. The van der Waals surface area contributed by atoms with Crippen molar-refractivity contribution in [3.05, 3.63) is 0 Å². The molecule has 0 aromatic carbocycles. The van der Waals surface area contributed by atoms with Crippen molar-refractivity contribution in [1.82, 2.24) is 4.90 Å². The predicted molar refractivity (Wildman–Crippen MR) is 74.1 cm³/mol. The van der Waals surface area contributed by atoms with Crippen LogP contribution in [0.5, 0.6) is 0 Å². The molecule has 0 spiro atoms. The number of rotatable bonds is 3. The minimum Gasteiger partial charge on any atom is -0.481 e. The molecule has 3 aliphatic rings. The van der Waals surface area contributed by atoms with Crippen molar-refractivity contribution in [1.29, 1.82) is 0 Å². The van der Waals surface area contributed by atoms with Gasteiger partial charge in [-0.3, -0.25) is 9.59 Å². The van der Waals surface area contributed by atoms with E-state index in [9.17, 15) is 14.7 Å². The minimum absolute atomic E-state index is 0.0204. The molecule has 0 aromatic heterocycles. The highest BCUT2D eigenvalue weighted by Crippen LogP contribution is 2.42. The molecule has 3 saturated heterocycles. The summed E-state index contributed by atoms with van der Waals surface area (Å²) in [7, 11) is 0. The summed E-state index contributed by atoms with van der Waals surface area (Å²) < 4.78 is 0. The fourth-order valence-corrected chi connectivity index (χ4v) is 5.15. The van der Waals surface area contributed by atoms with Crippen molar-refractivity contribution < 1.29 is 14.7 Å². The van der Waals surface area contributed by atoms with Crippen LogP contribution in [-0.2, 0) is 9.59 Å². The highest BCUT2D eigenvalue weighted by molar-refractivity contribution is 7.99. The average Bonchev–Trinajstić information content (AvgIpc) is 2.97. The molecule has 5 heteroatoms. The van der Waals surface area contributed by atoms with Gasteiger partial charge in [-0.25, -0.2) is 0 Å². The highest BCUT2D eigenvalue weighted by Gasteiger charge is 2.51. The van der Waals surface area contributed by atoms with Crippen LogP contribution in [-0.4, -0.2) is 45.5 Å². The Bertz CT molecular complexity index is 381. The molecule has 3 fully saturated rings. The van der Waals surface area contributed by atoms with E-state index in [2.05, 4.69) is 0 Å². The SMILES string of the molecule is O=C(O)C1CC2CCC1N2C(=O)CC1CCSCC1. The number of nitrogens with zero attached hydrogens (tertiary/aromatic N) is 1. The quantitative estimate of drug-likeness (QED) is 0.860. The lowest BCUT2D eigenvalue weighted by Gasteiger charge is -2.27. The van der Waals surface area contributed by atoms with Crippen LogP contribution >= 0.6 is 11.8 Å². The second-order valence-corrected chi connectivity index (χ2v) is 7.26. The summed E-state index contributed by atoms with van der Waals surface area (Å²) in [5, 5.41) is 9.22. The van der Waals surface area contributed by atoms with E-state index in [1.165, 1.54) is 11.5 Å². The number of carbonyl (C=O) groups excluding carboxylic acids is 1. The van der Waals surface area contributed by atoms with Gasteiger partial charge in [-0.1, -0.05) is 0 Å². The molecule has 0 radical (unpaired) electrons. The predicted octanol–water partition coefficient (Wildman–Crippen LogP) is 1.98. The lowest BCUT2D eigenvalue weighted by atomic mass is 9.89. The van der Waals surface area contributed by atoms with Crippen molar-refractivity contribution in [2.45, 2.75) is 50.6 Å². The van der Waals surface area contributed by atoms with Gasteiger partial charge in [-0.15, -0.1) is 0 Å². The van der Waals surface area contributed by atoms with Gasteiger partial charge in [0.2, 0.25) is 5.91 Å². The summed E-state index contributed by atoms with van der Waals surface area (Å²) in [6, 6.07) is 0.185. The molecule has 3 heterocycles. The Kier molecular flexibility index (Phi) is 3.74. The molecule has 0 aliphatic carbocycles. The first-order chi connectivity index (χ1) is 9.16. The van der Waals surface area contributed by atoms with Crippen LogP contribution in [0.4, 0.5) is 0 Å². The van der Waals surface area contributed by atoms with Gasteiger partial charge in [0.25, 0.3) is 0 Å². The Labute approximate surface area is 117 Å². The van der Waals surface area contributed by atoms with Gasteiger partial charge in [0.1, 0.15) is 0 Å². The maximum absolute atomic E-state index is 12.5. The third kappa shape index (κ3) is 2.49. The Morgan fingerprint density at radius 2 is 1.89 bits per heavy atom. The Balaban J connectivity index is 1.62. The topological polar surface area (TPSA) is 57.6 Å². The van der Waals surface area contributed by atoms with E-state index < -0.39 is 5.97 Å². The summed E-state index contributed by atoms with van der Waals surface area (Å²) in [5.74, 6) is 2.04. The number of aliphatic carboxylic acids is 1. The molecule has 4 nitrogen and oxygen atoms in total. The molecule has 0 aromatic rings. The lowest BCUT2D eigenvalue weighted by molar-refractivity contribution is -0.143. The maximum Gasteiger partial charge on any atom is 0.308 e. The van der Waals surface area contributed by atoms with Gasteiger partial charge in [-0.05, 0) is 49.5 Å². The van der Waals surface area contributed by atoms with E-state index in [-0.39, 0.29) is 23.9 Å². The minimum atomic E-state index is -0.723. The zero-order valence-corrected chi connectivity index (χ0v) is 11.9. The molecular weight excluding hydrogens is 262 g/mol. The highest BCUT2D eigenvalue weighted by atomic mass is 32.2. The maximum atomic E-state index is 12.5.